The van der Waals surface area contributed by atoms with E-state index in [0.29, 0.717) is 5.25 Å². The van der Waals surface area contributed by atoms with Crippen LogP contribution in [0.2, 0.25) is 0 Å². The fourth-order valence-electron chi connectivity index (χ4n) is 2.18. The van der Waals surface area contributed by atoms with Gasteiger partial charge in [-0.05, 0) is 0 Å². The van der Waals surface area contributed by atoms with Gasteiger partial charge in [-0.3, -0.25) is 4.79 Å². The van der Waals surface area contributed by atoms with Crippen molar-refractivity contribution in [1.29, 1.82) is 0 Å². The van der Waals surface area contributed by atoms with Crippen LogP contribution >= 0.6 is 39.5 Å². The number of nitrogens with zero attached hydrogens (tertiary/aromatic N) is 1. The van der Waals surface area contributed by atoms with Crippen molar-refractivity contribution in [2.45, 2.75) is 5.25 Å². The van der Waals surface area contributed by atoms with Crippen molar-refractivity contribution in [3.63, 3.8) is 0 Å². The Bertz CT molecular complexity index is 688. The standard InChI is InChI=1S/C17H15BrNOS2/c18-11-14-12-21-17(22-14)15(19-9-5-2-6-10-19)16(20)13-7-3-1-4-8-13/h1-10,14H,11-12H2/q+1. The molecule has 0 spiro atoms. The third kappa shape index (κ3) is 3.47. The van der Waals surface area contributed by atoms with Crippen LogP contribution in [0.15, 0.2) is 65.2 Å². The minimum absolute atomic E-state index is 0.0713. The Hall–Kier alpha value is -1.04. The zero-order chi connectivity index (χ0) is 15.4. The number of hydrogen-bond acceptors (Lipinski definition) is 3. The number of Topliss-reactive ketones (excluding diaryl/α,β-unsaturated/α-hetero) is 1. The maximum Gasteiger partial charge on any atom is 0.279 e. The van der Waals surface area contributed by atoms with E-state index in [1.807, 2.05) is 65.5 Å². The third-order valence-corrected chi connectivity index (χ3v) is 7.43. The quantitative estimate of drug-likeness (QED) is 0.336. The highest BCUT2D eigenvalue weighted by atomic mass is 79.9. The fraction of sp³-hybridized carbons (Fsp3) is 0.176. The van der Waals surface area contributed by atoms with E-state index in [0.717, 1.165) is 26.6 Å². The first-order valence-electron chi connectivity index (χ1n) is 6.95. The van der Waals surface area contributed by atoms with Crippen LogP contribution in [0.4, 0.5) is 0 Å². The summed E-state index contributed by atoms with van der Waals surface area (Å²) < 4.78 is 3.04. The van der Waals surface area contributed by atoms with Gasteiger partial charge in [-0.1, -0.05) is 52.3 Å². The molecular formula is C17H15BrNOS2+. The van der Waals surface area contributed by atoms with Gasteiger partial charge < -0.3 is 0 Å². The molecule has 2 heterocycles. The number of carbonyl (C=O) groups is 1. The summed E-state index contributed by atoms with van der Waals surface area (Å²) in [7, 11) is 0. The molecule has 1 aliphatic rings. The third-order valence-electron chi connectivity index (χ3n) is 3.26. The lowest BCUT2D eigenvalue weighted by molar-refractivity contribution is -0.576. The van der Waals surface area contributed by atoms with Gasteiger partial charge in [0.2, 0.25) is 0 Å². The summed E-state index contributed by atoms with van der Waals surface area (Å²) in [5.74, 6) is 1.10. The average molecular weight is 393 g/mol. The molecule has 3 rings (SSSR count). The van der Waals surface area contributed by atoms with Crippen LogP contribution in [0, 0.1) is 0 Å². The number of thioether (sulfide) groups is 2. The number of carbonyl (C=O) groups excluding carboxylic acids is 1. The van der Waals surface area contributed by atoms with Crippen LogP contribution < -0.4 is 4.57 Å². The SMILES string of the molecule is O=C(C(=C1SCC(CBr)S1)[n+]1ccccc1)c1ccccc1. The maximum atomic E-state index is 13.0. The van der Waals surface area contributed by atoms with E-state index < -0.39 is 0 Å². The fourth-order valence-corrected chi connectivity index (χ4v) is 5.93. The molecule has 0 N–H and O–H groups in total. The molecule has 1 aromatic heterocycles. The molecule has 0 amide bonds. The lowest BCUT2D eigenvalue weighted by Crippen LogP contribution is -2.36. The van der Waals surface area contributed by atoms with E-state index in [-0.39, 0.29) is 5.78 Å². The van der Waals surface area contributed by atoms with Crippen LogP contribution in [-0.4, -0.2) is 22.1 Å². The number of alkyl halides is 1. The molecule has 5 heteroatoms. The van der Waals surface area contributed by atoms with E-state index in [9.17, 15) is 4.79 Å². The minimum Gasteiger partial charge on any atom is -0.282 e. The lowest BCUT2D eigenvalue weighted by atomic mass is 10.1. The number of halogens is 1. The molecule has 0 saturated carbocycles. The molecule has 0 aliphatic carbocycles. The van der Waals surface area contributed by atoms with E-state index in [1.165, 1.54) is 0 Å². The van der Waals surface area contributed by atoms with Gasteiger partial charge >= 0.3 is 0 Å². The Morgan fingerprint density at radius 1 is 1.14 bits per heavy atom. The molecule has 0 bridgehead atoms. The van der Waals surface area contributed by atoms with E-state index >= 15 is 0 Å². The second kappa shape index (κ2) is 7.49. The van der Waals surface area contributed by atoms with Crippen LogP contribution in [0.25, 0.3) is 5.70 Å². The average Bonchev–Trinajstić information content (AvgIpc) is 3.05. The monoisotopic (exact) mass is 392 g/mol. The second-order valence-corrected chi connectivity index (χ2v) is 8.07. The Labute approximate surface area is 147 Å². The molecule has 1 aliphatic heterocycles. The Kier molecular flexibility index (Phi) is 5.39. The Morgan fingerprint density at radius 3 is 2.45 bits per heavy atom. The summed E-state index contributed by atoms with van der Waals surface area (Å²) in [6.07, 6.45) is 3.87. The summed E-state index contributed by atoms with van der Waals surface area (Å²) in [5.41, 5.74) is 1.48. The van der Waals surface area contributed by atoms with Crippen LogP contribution in [0.1, 0.15) is 10.4 Å². The number of rotatable bonds is 4. The van der Waals surface area contributed by atoms with Gasteiger partial charge in [0.1, 0.15) is 4.24 Å². The van der Waals surface area contributed by atoms with Gasteiger partial charge in [0.25, 0.3) is 11.5 Å². The first kappa shape index (κ1) is 15.8. The van der Waals surface area contributed by atoms with Crippen molar-refractivity contribution in [3.05, 3.63) is 70.7 Å². The van der Waals surface area contributed by atoms with E-state index in [2.05, 4.69) is 15.9 Å². The molecule has 1 unspecified atom stereocenters. The molecule has 2 aromatic rings. The van der Waals surface area contributed by atoms with Crippen LogP contribution in [-0.2, 0) is 0 Å². The van der Waals surface area contributed by atoms with Crippen LogP contribution in [0.5, 0.6) is 0 Å². The van der Waals surface area contributed by atoms with Crippen molar-refractivity contribution in [2.24, 2.45) is 0 Å². The van der Waals surface area contributed by atoms with Gasteiger partial charge in [0, 0.05) is 34.0 Å². The van der Waals surface area contributed by atoms with Gasteiger partial charge in [-0.2, -0.15) is 4.57 Å². The van der Waals surface area contributed by atoms with Crippen molar-refractivity contribution in [1.82, 2.24) is 0 Å². The topological polar surface area (TPSA) is 20.9 Å². The summed E-state index contributed by atoms with van der Waals surface area (Å²) in [4.78, 5) is 13.0. The van der Waals surface area contributed by atoms with Crippen molar-refractivity contribution >= 4 is 50.9 Å². The molecule has 2 nitrogen and oxygen atoms in total. The molecule has 0 radical (unpaired) electrons. The van der Waals surface area contributed by atoms with Crippen molar-refractivity contribution in [2.75, 3.05) is 11.1 Å². The van der Waals surface area contributed by atoms with Gasteiger partial charge in [-0.15, -0.1) is 23.5 Å². The number of hydrogen-bond donors (Lipinski definition) is 0. The molecule has 1 fully saturated rings. The molecule has 1 aromatic carbocycles. The van der Waals surface area contributed by atoms with Crippen molar-refractivity contribution < 1.29 is 9.36 Å². The van der Waals surface area contributed by atoms with E-state index in [1.54, 1.807) is 23.5 Å². The van der Waals surface area contributed by atoms with Crippen LogP contribution in [0.3, 0.4) is 0 Å². The zero-order valence-corrected chi connectivity index (χ0v) is 15.0. The second-order valence-electron chi connectivity index (χ2n) is 4.82. The molecule has 22 heavy (non-hydrogen) atoms. The zero-order valence-electron chi connectivity index (χ0n) is 11.8. The summed E-state index contributed by atoms with van der Waals surface area (Å²) in [6, 6.07) is 15.3. The molecule has 112 valence electrons. The number of pyridine rings is 1. The first-order chi connectivity index (χ1) is 10.8. The summed E-state index contributed by atoms with van der Waals surface area (Å²) in [6.45, 7) is 0. The number of ketones is 1. The predicted molar refractivity (Wildman–Crippen MR) is 98.3 cm³/mol. The largest absolute Gasteiger partial charge is 0.282 e. The lowest BCUT2D eigenvalue weighted by Gasteiger charge is -2.05. The number of allylic oxidation sites excluding steroid dienone is 1. The van der Waals surface area contributed by atoms with Gasteiger partial charge in [-0.25, -0.2) is 0 Å². The van der Waals surface area contributed by atoms with E-state index in [4.69, 9.17) is 0 Å². The number of aromatic nitrogens is 1. The summed E-state index contributed by atoms with van der Waals surface area (Å²) >= 11 is 7.11. The highest BCUT2D eigenvalue weighted by molar-refractivity contribution is 9.09. The highest BCUT2D eigenvalue weighted by Gasteiger charge is 2.32. The number of benzene rings is 1. The molecule has 1 saturated heterocycles. The Morgan fingerprint density at radius 2 is 1.82 bits per heavy atom. The Balaban J connectivity index is 2.05. The van der Waals surface area contributed by atoms with Gasteiger partial charge in [0.15, 0.2) is 12.4 Å². The normalized spacial score (nSPS) is 20.0. The first-order valence-corrected chi connectivity index (χ1v) is 9.94. The maximum absolute atomic E-state index is 13.0. The molecular weight excluding hydrogens is 378 g/mol. The molecule has 1 atom stereocenters. The highest BCUT2D eigenvalue weighted by Crippen LogP contribution is 2.44. The minimum atomic E-state index is 0.0713. The smallest absolute Gasteiger partial charge is 0.279 e. The van der Waals surface area contributed by atoms with Gasteiger partial charge in [0.05, 0.1) is 0 Å². The summed E-state index contributed by atoms with van der Waals surface area (Å²) in [5, 5.41) is 1.46. The predicted octanol–water partition coefficient (Wildman–Crippen LogP) is 4.23. The van der Waals surface area contributed by atoms with Crippen molar-refractivity contribution in [3.8, 4) is 0 Å².